The van der Waals surface area contributed by atoms with Crippen molar-refractivity contribution in [3.05, 3.63) is 59.7 Å². The lowest BCUT2D eigenvalue weighted by molar-refractivity contribution is -0.121. The number of amides is 2. The van der Waals surface area contributed by atoms with Gasteiger partial charge in [0.05, 0.1) is 12.7 Å². The van der Waals surface area contributed by atoms with Crippen LogP contribution < -0.4 is 10.1 Å². The molecule has 0 saturated heterocycles. The molecule has 154 valence electrons. The highest BCUT2D eigenvalue weighted by molar-refractivity contribution is 7.90. The summed E-state index contributed by atoms with van der Waals surface area (Å²) in [5.74, 6) is 0.140. The first-order valence-electron chi connectivity index (χ1n) is 9.50. The van der Waals surface area contributed by atoms with Crippen molar-refractivity contribution >= 4 is 21.8 Å². The Labute approximate surface area is 170 Å². The zero-order valence-electron chi connectivity index (χ0n) is 16.3. The number of ether oxygens (including phenoxy) is 1. The van der Waals surface area contributed by atoms with Crippen molar-refractivity contribution in [2.24, 2.45) is 0 Å². The van der Waals surface area contributed by atoms with E-state index >= 15 is 0 Å². The fourth-order valence-corrected chi connectivity index (χ4v) is 4.95. The van der Waals surface area contributed by atoms with Gasteiger partial charge < -0.3 is 10.1 Å². The van der Waals surface area contributed by atoms with Crippen molar-refractivity contribution in [2.75, 3.05) is 20.2 Å². The lowest BCUT2D eigenvalue weighted by Gasteiger charge is -2.14. The number of carbonyl (C=O) groups excluding carboxylic acids is 2. The Morgan fingerprint density at radius 1 is 1.07 bits per heavy atom. The molecule has 0 aromatic heterocycles. The van der Waals surface area contributed by atoms with Gasteiger partial charge in [-0.15, -0.1) is 0 Å². The third-order valence-electron chi connectivity index (χ3n) is 4.81. The molecule has 1 heterocycles. The van der Waals surface area contributed by atoms with Gasteiger partial charge in [-0.2, -0.15) is 0 Å². The fraction of sp³-hybridized carbons (Fsp3) is 0.333. The number of methoxy groups -OCH3 is 1. The maximum absolute atomic E-state index is 12.5. The van der Waals surface area contributed by atoms with Crippen molar-refractivity contribution in [1.29, 1.82) is 0 Å². The fourth-order valence-electron chi connectivity index (χ4n) is 3.34. The quantitative estimate of drug-likeness (QED) is 0.634. The van der Waals surface area contributed by atoms with Gasteiger partial charge in [0.2, 0.25) is 5.91 Å². The predicted octanol–water partition coefficient (Wildman–Crippen LogP) is 2.37. The Kier molecular flexibility index (Phi) is 6.53. The van der Waals surface area contributed by atoms with Crippen LogP contribution in [0.5, 0.6) is 5.75 Å². The van der Waals surface area contributed by atoms with Gasteiger partial charge in [-0.25, -0.2) is 12.7 Å². The van der Waals surface area contributed by atoms with E-state index in [1.54, 1.807) is 19.2 Å². The van der Waals surface area contributed by atoms with Crippen LogP contribution in [0.15, 0.2) is 53.4 Å². The summed E-state index contributed by atoms with van der Waals surface area (Å²) in [5, 5.41) is 2.83. The lowest BCUT2D eigenvalue weighted by Crippen LogP contribution is -2.32. The standard InChI is InChI=1S/C21H24N2O5S/c1-28-18-11-4-2-8-16(18)9-6-14-22-20(24)13-7-15-23-21(25)17-10-3-5-12-19(17)29(23,26)27/h2-5,8,10-12H,6-7,9,13-15H2,1H3,(H,22,24). The van der Waals surface area contributed by atoms with Crippen LogP contribution in [0.2, 0.25) is 0 Å². The first kappa shape index (κ1) is 20.9. The Bertz CT molecular complexity index is 1000. The second-order valence-corrected chi connectivity index (χ2v) is 8.58. The van der Waals surface area contributed by atoms with E-state index in [1.807, 2.05) is 24.3 Å². The summed E-state index contributed by atoms with van der Waals surface area (Å²) in [4.78, 5) is 24.4. The molecule has 3 rings (SSSR count). The zero-order valence-corrected chi connectivity index (χ0v) is 17.1. The number of sulfonamides is 1. The van der Waals surface area contributed by atoms with E-state index in [1.165, 1.54) is 12.1 Å². The number of nitrogens with one attached hydrogen (secondary N) is 1. The molecule has 2 amide bonds. The number of benzene rings is 2. The SMILES string of the molecule is COc1ccccc1CCCNC(=O)CCCN1C(=O)c2ccccc2S1(=O)=O. The molecule has 0 unspecified atom stereocenters. The van der Waals surface area contributed by atoms with Gasteiger partial charge >= 0.3 is 0 Å². The number of nitrogens with zero attached hydrogens (tertiary/aromatic N) is 1. The minimum Gasteiger partial charge on any atom is -0.496 e. The molecule has 0 bridgehead atoms. The first-order valence-corrected chi connectivity index (χ1v) is 10.9. The lowest BCUT2D eigenvalue weighted by atomic mass is 10.1. The number of hydrogen-bond acceptors (Lipinski definition) is 5. The average Bonchev–Trinajstić information content (AvgIpc) is 2.92. The largest absolute Gasteiger partial charge is 0.496 e. The van der Waals surface area contributed by atoms with Crippen LogP contribution in [0.1, 0.15) is 35.2 Å². The third kappa shape index (κ3) is 4.59. The second-order valence-electron chi connectivity index (χ2n) is 6.75. The molecule has 8 heteroatoms. The van der Waals surface area contributed by atoms with Crippen molar-refractivity contribution < 1.29 is 22.7 Å². The van der Waals surface area contributed by atoms with Gasteiger partial charge in [-0.1, -0.05) is 30.3 Å². The van der Waals surface area contributed by atoms with Gasteiger partial charge in [0, 0.05) is 19.5 Å². The van der Waals surface area contributed by atoms with E-state index in [0.29, 0.717) is 6.54 Å². The minimum absolute atomic E-state index is 0.00944. The molecule has 1 aliphatic heterocycles. The number of rotatable bonds is 9. The molecule has 29 heavy (non-hydrogen) atoms. The van der Waals surface area contributed by atoms with Crippen LogP contribution in [0.3, 0.4) is 0 Å². The molecule has 2 aromatic carbocycles. The Morgan fingerprint density at radius 2 is 1.79 bits per heavy atom. The van der Waals surface area contributed by atoms with E-state index < -0.39 is 15.9 Å². The predicted molar refractivity (Wildman–Crippen MR) is 108 cm³/mol. The Morgan fingerprint density at radius 3 is 2.55 bits per heavy atom. The molecule has 0 fully saturated rings. The summed E-state index contributed by atoms with van der Waals surface area (Å²) in [6.45, 7) is 0.508. The molecular formula is C21H24N2O5S. The van der Waals surface area contributed by atoms with Crippen LogP contribution in [0, 0.1) is 0 Å². The first-order chi connectivity index (χ1) is 13.9. The normalized spacial score (nSPS) is 14.5. The van der Waals surface area contributed by atoms with Gasteiger partial charge in [0.25, 0.3) is 15.9 Å². The molecule has 0 atom stereocenters. The number of fused-ring (bicyclic) bond motifs is 1. The second kappa shape index (κ2) is 9.09. The molecule has 0 radical (unpaired) electrons. The van der Waals surface area contributed by atoms with E-state index in [-0.39, 0.29) is 35.8 Å². The molecule has 0 saturated carbocycles. The maximum atomic E-state index is 12.5. The average molecular weight is 416 g/mol. The highest BCUT2D eigenvalue weighted by Gasteiger charge is 2.40. The Hall–Kier alpha value is -2.87. The summed E-state index contributed by atoms with van der Waals surface area (Å²) in [6, 6.07) is 13.9. The van der Waals surface area contributed by atoms with E-state index in [0.717, 1.165) is 28.5 Å². The van der Waals surface area contributed by atoms with Gasteiger partial charge in [-0.05, 0) is 43.0 Å². The third-order valence-corrected chi connectivity index (χ3v) is 6.66. The summed E-state index contributed by atoms with van der Waals surface area (Å²) < 4.78 is 31.1. The summed E-state index contributed by atoms with van der Waals surface area (Å²) in [5.41, 5.74) is 1.27. The van der Waals surface area contributed by atoms with Crippen LogP contribution in [-0.4, -0.2) is 44.7 Å². The molecule has 2 aromatic rings. The number of para-hydroxylation sites is 1. The van der Waals surface area contributed by atoms with Gasteiger partial charge in [0.1, 0.15) is 10.6 Å². The van der Waals surface area contributed by atoms with Crippen molar-refractivity contribution in [1.82, 2.24) is 9.62 Å². The number of carbonyl (C=O) groups is 2. The number of aryl methyl sites for hydroxylation is 1. The van der Waals surface area contributed by atoms with Crippen molar-refractivity contribution in [3.63, 3.8) is 0 Å². The molecule has 0 spiro atoms. The maximum Gasteiger partial charge on any atom is 0.269 e. The van der Waals surface area contributed by atoms with E-state index in [2.05, 4.69) is 5.32 Å². The van der Waals surface area contributed by atoms with Crippen LogP contribution in [0.25, 0.3) is 0 Å². The monoisotopic (exact) mass is 416 g/mol. The number of hydrogen-bond donors (Lipinski definition) is 1. The van der Waals surface area contributed by atoms with Crippen molar-refractivity contribution in [3.8, 4) is 5.75 Å². The highest BCUT2D eigenvalue weighted by atomic mass is 32.2. The van der Waals surface area contributed by atoms with E-state index in [9.17, 15) is 18.0 Å². The molecule has 1 N–H and O–H groups in total. The molecule has 7 nitrogen and oxygen atoms in total. The topological polar surface area (TPSA) is 92.8 Å². The minimum atomic E-state index is -3.81. The smallest absolute Gasteiger partial charge is 0.269 e. The van der Waals surface area contributed by atoms with Crippen LogP contribution >= 0.6 is 0 Å². The van der Waals surface area contributed by atoms with Gasteiger partial charge in [-0.3, -0.25) is 9.59 Å². The zero-order chi connectivity index (χ0) is 20.9. The summed E-state index contributed by atoms with van der Waals surface area (Å²) in [7, 11) is -2.18. The van der Waals surface area contributed by atoms with Gasteiger partial charge in [0.15, 0.2) is 0 Å². The molecular weight excluding hydrogens is 392 g/mol. The highest BCUT2D eigenvalue weighted by Crippen LogP contribution is 2.30. The summed E-state index contributed by atoms with van der Waals surface area (Å²) in [6.07, 6.45) is 1.98. The summed E-state index contributed by atoms with van der Waals surface area (Å²) >= 11 is 0. The Balaban J connectivity index is 1.41. The van der Waals surface area contributed by atoms with Crippen LogP contribution in [-0.2, 0) is 21.2 Å². The van der Waals surface area contributed by atoms with E-state index in [4.69, 9.17) is 4.74 Å². The van der Waals surface area contributed by atoms with Crippen LogP contribution in [0.4, 0.5) is 0 Å². The molecule has 1 aliphatic rings. The molecule has 0 aliphatic carbocycles. The van der Waals surface area contributed by atoms with Crippen molar-refractivity contribution in [2.45, 2.75) is 30.6 Å².